The number of rotatable bonds is 6. The summed E-state index contributed by atoms with van der Waals surface area (Å²) in [4.78, 5) is 23.4. The van der Waals surface area contributed by atoms with Gasteiger partial charge in [-0.05, 0) is 19.1 Å². The Kier molecular flexibility index (Phi) is 4.28. The lowest BCUT2D eigenvalue weighted by atomic mass is 9.90. The molecule has 1 aromatic carbocycles. The van der Waals surface area contributed by atoms with E-state index in [4.69, 9.17) is 19.3 Å². The summed E-state index contributed by atoms with van der Waals surface area (Å²) >= 11 is 0. The topological polar surface area (TPSA) is 82.1 Å². The Hall–Kier alpha value is -2.34. The average Bonchev–Trinajstić information content (AvgIpc) is 2.83. The van der Waals surface area contributed by atoms with Gasteiger partial charge in [-0.2, -0.15) is 0 Å². The summed E-state index contributed by atoms with van der Waals surface area (Å²) in [6.07, 6.45) is 0.987. The first-order chi connectivity index (χ1) is 10.0. The summed E-state index contributed by atoms with van der Waals surface area (Å²) < 4.78 is 15.9. The van der Waals surface area contributed by atoms with E-state index in [0.717, 1.165) is 6.08 Å². The maximum atomic E-state index is 12.3. The van der Waals surface area contributed by atoms with Crippen LogP contribution in [0.1, 0.15) is 12.5 Å². The number of carbonyl (C=O) groups excluding carboxylic acids is 1. The number of carboxylic acids is 1. The molecule has 0 saturated heterocycles. The second kappa shape index (κ2) is 5.97. The van der Waals surface area contributed by atoms with E-state index in [2.05, 4.69) is 0 Å². The highest BCUT2D eigenvalue weighted by atomic mass is 16.6. The van der Waals surface area contributed by atoms with Gasteiger partial charge in [0.15, 0.2) is 0 Å². The molecule has 21 heavy (non-hydrogen) atoms. The molecule has 0 amide bonds. The van der Waals surface area contributed by atoms with Crippen molar-refractivity contribution in [1.29, 1.82) is 0 Å². The Morgan fingerprint density at radius 1 is 1.43 bits per heavy atom. The molecule has 0 aromatic heterocycles. The van der Waals surface area contributed by atoms with Crippen LogP contribution in [0.4, 0.5) is 0 Å². The molecule has 112 valence electrons. The molecule has 2 rings (SSSR count). The van der Waals surface area contributed by atoms with Crippen LogP contribution in [0.15, 0.2) is 36.1 Å². The third kappa shape index (κ3) is 2.75. The lowest BCUT2D eigenvalue weighted by molar-refractivity contribution is -0.147. The minimum absolute atomic E-state index is 0.0667. The first-order valence-corrected chi connectivity index (χ1v) is 6.44. The smallest absolute Gasteiger partial charge is 0.371 e. The average molecular weight is 292 g/mol. The number of ketones is 1. The zero-order valence-corrected chi connectivity index (χ0v) is 11.8. The molecule has 1 N–H and O–H groups in total. The number of methoxy groups -OCH3 is 1. The molecule has 6 heteroatoms. The summed E-state index contributed by atoms with van der Waals surface area (Å²) in [5.74, 6) is -1.59. The summed E-state index contributed by atoms with van der Waals surface area (Å²) in [5.41, 5.74) is -0.981. The van der Waals surface area contributed by atoms with Gasteiger partial charge in [0.25, 0.3) is 0 Å². The molecule has 1 aliphatic rings. The zero-order valence-electron chi connectivity index (χ0n) is 11.8. The van der Waals surface area contributed by atoms with Gasteiger partial charge in [-0.1, -0.05) is 12.1 Å². The van der Waals surface area contributed by atoms with Crippen molar-refractivity contribution in [3.63, 3.8) is 0 Å². The van der Waals surface area contributed by atoms with Crippen LogP contribution in [0.5, 0.6) is 5.75 Å². The molecule has 0 fully saturated rings. The molecule has 6 nitrogen and oxygen atoms in total. The molecule has 1 aliphatic heterocycles. The molecule has 1 heterocycles. The van der Waals surface area contributed by atoms with E-state index in [1.807, 2.05) is 0 Å². The van der Waals surface area contributed by atoms with Crippen LogP contribution in [-0.4, -0.2) is 37.2 Å². The second-order valence-corrected chi connectivity index (χ2v) is 4.48. The molecule has 0 radical (unpaired) electrons. The maximum absolute atomic E-state index is 12.3. The van der Waals surface area contributed by atoms with E-state index in [1.165, 1.54) is 7.11 Å². The molecule has 1 atom stereocenters. The largest absolute Gasteiger partial charge is 0.497 e. The normalized spacial score (nSPS) is 20.9. The Morgan fingerprint density at radius 3 is 2.76 bits per heavy atom. The number of aliphatic carboxylic acids is 1. The Balaban J connectivity index is 2.44. The van der Waals surface area contributed by atoms with Gasteiger partial charge in [0.05, 0.1) is 13.7 Å². The van der Waals surface area contributed by atoms with Gasteiger partial charge in [0, 0.05) is 18.2 Å². The Bertz CT molecular complexity index is 592. The molecule has 1 aromatic rings. The van der Waals surface area contributed by atoms with Crippen LogP contribution in [0, 0.1) is 0 Å². The van der Waals surface area contributed by atoms with Crippen molar-refractivity contribution < 1.29 is 28.9 Å². The highest BCUT2D eigenvalue weighted by molar-refractivity contribution is 6.06. The Morgan fingerprint density at radius 2 is 2.19 bits per heavy atom. The summed E-state index contributed by atoms with van der Waals surface area (Å²) in [7, 11) is 1.51. The highest BCUT2D eigenvalue weighted by Gasteiger charge is 2.48. The van der Waals surface area contributed by atoms with Crippen molar-refractivity contribution in [1.82, 2.24) is 0 Å². The fraction of sp³-hybridized carbons (Fsp3) is 0.333. The van der Waals surface area contributed by atoms with Crippen LogP contribution < -0.4 is 4.74 Å². The fourth-order valence-corrected chi connectivity index (χ4v) is 2.11. The zero-order chi connectivity index (χ0) is 15.5. The number of carboxylic acid groups (broad SMARTS) is 1. The monoisotopic (exact) mass is 292 g/mol. The quantitative estimate of drug-likeness (QED) is 0.855. The van der Waals surface area contributed by atoms with E-state index in [1.54, 1.807) is 31.2 Å². The second-order valence-electron chi connectivity index (χ2n) is 4.48. The molecule has 0 aliphatic carbocycles. The van der Waals surface area contributed by atoms with Crippen molar-refractivity contribution in [3.8, 4) is 5.75 Å². The van der Waals surface area contributed by atoms with Gasteiger partial charge in [-0.25, -0.2) is 4.79 Å². The van der Waals surface area contributed by atoms with Crippen molar-refractivity contribution in [2.24, 2.45) is 0 Å². The summed E-state index contributed by atoms with van der Waals surface area (Å²) in [6, 6.07) is 6.74. The van der Waals surface area contributed by atoms with Crippen molar-refractivity contribution >= 4 is 11.8 Å². The first-order valence-electron chi connectivity index (χ1n) is 6.44. The van der Waals surface area contributed by atoms with E-state index < -0.39 is 17.4 Å². The summed E-state index contributed by atoms with van der Waals surface area (Å²) in [5, 5.41) is 9.03. The van der Waals surface area contributed by atoms with Crippen LogP contribution in [0.25, 0.3) is 0 Å². The maximum Gasteiger partial charge on any atom is 0.371 e. The van der Waals surface area contributed by atoms with Gasteiger partial charge in [0.1, 0.15) is 5.75 Å². The lowest BCUT2D eigenvalue weighted by Crippen LogP contribution is -2.39. The minimum atomic E-state index is -1.47. The standard InChI is InChI=1S/C15H16O6/c1-3-20-9-15(10-5-4-6-11(7-10)19-2)13(16)8-12(21-15)14(17)18/h4-8H,3,9H2,1-2H3,(H,17,18). The number of carbonyl (C=O) groups is 2. The number of ether oxygens (including phenoxy) is 3. The number of hydrogen-bond donors (Lipinski definition) is 1. The van der Waals surface area contributed by atoms with Crippen LogP contribution in [-0.2, 0) is 24.7 Å². The van der Waals surface area contributed by atoms with E-state index in [0.29, 0.717) is 17.9 Å². The molecule has 0 bridgehead atoms. The van der Waals surface area contributed by atoms with E-state index in [-0.39, 0.29) is 12.4 Å². The van der Waals surface area contributed by atoms with Gasteiger partial charge in [-0.15, -0.1) is 0 Å². The van der Waals surface area contributed by atoms with Crippen molar-refractivity contribution in [3.05, 3.63) is 41.7 Å². The van der Waals surface area contributed by atoms with Crippen molar-refractivity contribution in [2.45, 2.75) is 12.5 Å². The van der Waals surface area contributed by atoms with Crippen LogP contribution >= 0.6 is 0 Å². The first kappa shape index (κ1) is 15.1. The molecular formula is C15H16O6. The molecule has 0 saturated carbocycles. The van der Waals surface area contributed by atoms with Gasteiger partial charge >= 0.3 is 5.97 Å². The fourth-order valence-electron chi connectivity index (χ4n) is 2.11. The predicted octanol–water partition coefficient (Wildman–Crippen LogP) is 1.49. The third-order valence-electron chi connectivity index (χ3n) is 3.20. The van der Waals surface area contributed by atoms with Crippen LogP contribution in [0.3, 0.4) is 0 Å². The van der Waals surface area contributed by atoms with Gasteiger partial charge in [0.2, 0.25) is 17.1 Å². The molecular weight excluding hydrogens is 276 g/mol. The van der Waals surface area contributed by atoms with Gasteiger partial charge < -0.3 is 19.3 Å². The SMILES string of the molecule is CCOCC1(c2cccc(OC)c2)OC(C(=O)O)=CC1=O. The Labute approximate surface area is 121 Å². The lowest BCUT2D eigenvalue weighted by Gasteiger charge is -2.28. The van der Waals surface area contributed by atoms with Crippen molar-refractivity contribution in [2.75, 3.05) is 20.3 Å². The number of benzene rings is 1. The van der Waals surface area contributed by atoms with E-state index in [9.17, 15) is 9.59 Å². The molecule has 0 spiro atoms. The summed E-state index contributed by atoms with van der Waals surface area (Å²) in [6.45, 7) is 2.10. The van der Waals surface area contributed by atoms with Crippen LogP contribution in [0.2, 0.25) is 0 Å². The van der Waals surface area contributed by atoms with Gasteiger partial charge in [-0.3, -0.25) is 4.79 Å². The van der Waals surface area contributed by atoms with E-state index >= 15 is 0 Å². The highest BCUT2D eigenvalue weighted by Crippen LogP contribution is 2.37. The predicted molar refractivity (Wildman–Crippen MR) is 73.0 cm³/mol. The number of hydrogen-bond acceptors (Lipinski definition) is 5. The minimum Gasteiger partial charge on any atom is -0.497 e. The third-order valence-corrected chi connectivity index (χ3v) is 3.20. The molecule has 1 unspecified atom stereocenters.